The molecule has 30 heavy (non-hydrogen) atoms. The second-order valence-corrected chi connectivity index (χ2v) is 8.28. The number of fused-ring (bicyclic) bond motifs is 1. The maximum absolute atomic E-state index is 13.9. The van der Waals surface area contributed by atoms with Gasteiger partial charge in [0.25, 0.3) is 0 Å². The Morgan fingerprint density at radius 3 is 2.93 bits per heavy atom. The van der Waals surface area contributed by atoms with Crippen molar-refractivity contribution >= 4 is 39.0 Å². The number of hydrogen-bond donors (Lipinski definition) is 2. The van der Waals surface area contributed by atoms with Crippen molar-refractivity contribution in [2.75, 3.05) is 12.4 Å². The van der Waals surface area contributed by atoms with E-state index in [1.165, 1.54) is 36.9 Å². The molecule has 0 saturated heterocycles. The molecular formula is C21H22FN3O4S. The van der Waals surface area contributed by atoms with E-state index in [0.29, 0.717) is 44.3 Å². The van der Waals surface area contributed by atoms with Crippen LogP contribution in [0.15, 0.2) is 24.5 Å². The number of aliphatic hydroxyl groups is 1. The molecule has 9 heteroatoms. The number of anilines is 2. The Morgan fingerprint density at radius 1 is 1.33 bits per heavy atom. The number of aromatic nitrogens is 2. The lowest BCUT2D eigenvalue weighted by Crippen LogP contribution is -2.28. The number of nitrogens with one attached hydrogen (secondary N) is 1. The Labute approximate surface area is 176 Å². The first kappa shape index (κ1) is 20.5. The Kier molecular flexibility index (Phi) is 5.83. The van der Waals surface area contributed by atoms with Crippen LogP contribution in [0, 0.1) is 12.7 Å². The summed E-state index contributed by atoms with van der Waals surface area (Å²) in [5, 5.41) is 13.8. The first-order valence-electron chi connectivity index (χ1n) is 9.70. The minimum Gasteiger partial charge on any atom is -0.488 e. The zero-order valence-electron chi connectivity index (χ0n) is 16.6. The van der Waals surface area contributed by atoms with Crippen LogP contribution in [-0.2, 0) is 4.74 Å². The van der Waals surface area contributed by atoms with Crippen molar-refractivity contribution in [2.45, 2.75) is 44.8 Å². The van der Waals surface area contributed by atoms with E-state index in [4.69, 9.17) is 9.47 Å². The molecule has 0 spiro atoms. The largest absolute Gasteiger partial charge is 0.488 e. The van der Waals surface area contributed by atoms with Gasteiger partial charge in [-0.3, -0.25) is 0 Å². The summed E-state index contributed by atoms with van der Waals surface area (Å²) in [6.45, 7) is 1.81. The summed E-state index contributed by atoms with van der Waals surface area (Å²) in [7, 11) is 1.33. The summed E-state index contributed by atoms with van der Waals surface area (Å²) in [5.74, 6) is -0.00600. The molecular weight excluding hydrogens is 409 g/mol. The van der Waals surface area contributed by atoms with E-state index < -0.39 is 17.9 Å². The highest BCUT2D eigenvalue weighted by molar-refractivity contribution is 7.20. The second kappa shape index (κ2) is 8.53. The highest BCUT2D eigenvalue weighted by Crippen LogP contribution is 2.37. The van der Waals surface area contributed by atoms with E-state index in [0.717, 1.165) is 19.3 Å². The van der Waals surface area contributed by atoms with Crippen molar-refractivity contribution in [1.29, 1.82) is 0 Å². The van der Waals surface area contributed by atoms with Crippen LogP contribution in [0.4, 0.5) is 15.9 Å². The summed E-state index contributed by atoms with van der Waals surface area (Å²) >= 11 is 1.23. The van der Waals surface area contributed by atoms with Crippen LogP contribution in [-0.4, -0.2) is 40.4 Å². The van der Waals surface area contributed by atoms with Crippen molar-refractivity contribution in [1.82, 2.24) is 9.97 Å². The molecule has 1 fully saturated rings. The summed E-state index contributed by atoms with van der Waals surface area (Å²) in [6.07, 6.45) is 3.75. The van der Waals surface area contributed by atoms with Crippen molar-refractivity contribution in [2.24, 2.45) is 0 Å². The van der Waals surface area contributed by atoms with Gasteiger partial charge in [-0.1, -0.05) is 0 Å². The highest BCUT2D eigenvalue weighted by Gasteiger charge is 2.24. The Hall–Kier alpha value is -2.78. The number of nitrogens with zero attached hydrogens (tertiary/aromatic N) is 2. The molecule has 3 aromatic rings. The van der Waals surface area contributed by atoms with Crippen LogP contribution in [0.3, 0.4) is 0 Å². The van der Waals surface area contributed by atoms with Crippen LogP contribution < -0.4 is 10.1 Å². The number of benzene rings is 1. The lowest BCUT2D eigenvalue weighted by Gasteiger charge is -2.27. The maximum atomic E-state index is 13.9. The van der Waals surface area contributed by atoms with Gasteiger partial charge in [-0.15, -0.1) is 11.3 Å². The molecule has 0 radical (unpaired) electrons. The summed E-state index contributed by atoms with van der Waals surface area (Å²) < 4.78 is 24.8. The quantitative estimate of drug-likeness (QED) is 0.580. The number of carbonyl (C=O) groups excluding carboxylic acids is 1. The third kappa shape index (κ3) is 4.08. The number of esters is 1. The van der Waals surface area contributed by atoms with Crippen molar-refractivity contribution in [3.63, 3.8) is 0 Å². The SMILES string of the molecule is COC(=O)c1sc2ncnc(Nc3ccc(F)cc3OC3CCC[C@@H](O)C3)c2c1C. The molecule has 1 aliphatic carbocycles. The summed E-state index contributed by atoms with van der Waals surface area (Å²) in [6, 6.07) is 4.24. The van der Waals surface area contributed by atoms with E-state index in [9.17, 15) is 14.3 Å². The topological polar surface area (TPSA) is 93.6 Å². The molecule has 0 amide bonds. The Balaban J connectivity index is 1.68. The Bertz CT molecular complexity index is 1090. The molecule has 2 aromatic heterocycles. The normalized spacial score (nSPS) is 18.9. The predicted molar refractivity (Wildman–Crippen MR) is 112 cm³/mol. The number of hydrogen-bond acceptors (Lipinski definition) is 8. The van der Waals surface area contributed by atoms with E-state index in [-0.39, 0.29) is 6.10 Å². The van der Waals surface area contributed by atoms with E-state index in [1.54, 1.807) is 6.07 Å². The van der Waals surface area contributed by atoms with Crippen molar-refractivity contribution in [3.05, 3.63) is 40.8 Å². The predicted octanol–water partition coefficient (Wildman–Crippen LogP) is 4.35. The Morgan fingerprint density at radius 2 is 2.17 bits per heavy atom. The van der Waals surface area contributed by atoms with Gasteiger partial charge in [-0.05, 0) is 43.9 Å². The number of methoxy groups -OCH3 is 1. The van der Waals surface area contributed by atoms with Gasteiger partial charge < -0.3 is 19.9 Å². The fourth-order valence-electron chi connectivity index (χ4n) is 3.69. The number of carbonyl (C=O) groups is 1. The number of rotatable bonds is 5. The zero-order chi connectivity index (χ0) is 21.3. The number of ether oxygens (including phenoxy) is 2. The fourth-order valence-corrected chi connectivity index (χ4v) is 4.75. The first-order chi connectivity index (χ1) is 14.5. The summed E-state index contributed by atoms with van der Waals surface area (Å²) in [4.78, 5) is 21.7. The van der Waals surface area contributed by atoms with Crippen LogP contribution in [0.25, 0.3) is 10.2 Å². The highest BCUT2D eigenvalue weighted by atomic mass is 32.1. The van der Waals surface area contributed by atoms with Gasteiger partial charge in [0, 0.05) is 12.5 Å². The van der Waals surface area contributed by atoms with E-state index in [2.05, 4.69) is 15.3 Å². The molecule has 0 bridgehead atoms. The smallest absolute Gasteiger partial charge is 0.348 e. The van der Waals surface area contributed by atoms with Gasteiger partial charge in [-0.2, -0.15) is 0 Å². The summed E-state index contributed by atoms with van der Waals surface area (Å²) in [5.41, 5.74) is 1.26. The fraction of sp³-hybridized carbons (Fsp3) is 0.381. The van der Waals surface area contributed by atoms with Crippen LogP contribution in [0.1, 0.15) is 40.9 Å². The molecule has 1 unspecified atom stereocenters. The third-order valence-corrected chi connectivity index (χ3v) is 6.37. The molecule has 7 nitrogen and oxygen atoms in total. The molecule has 1 saturated carbocycles. The maximum Gasteiger partial charge on any atom is 0.348 e. The molecule has 2 heterocycles. The first-order valence-corrected chi connectivity index (χ1v) is 10.5. The van der Waals surface area contributed by atoms with Crippen LogP contribution >= 0.6 is 11.3 Å². The molecule has 2 N–H and O–H groups in total. The zero-order valence-corrected chi connectivity index (χ0v) is 17.5. The molecule has 1 aromatic carbocycles. The van der Waals surface area contributed by atoms with Crippen molar-refractivity contribution in [3.8, 4) is 5.75 Å². The van der Waals surface area contributed by atoms with E-state index in [1.807, 2.05) is 6.92 Å². The van der Waals surface area contributed by atoms with Gasteiger partial charge in [0.15, 0.2) is 0 Å². The van der Waals surface area contributed by atoms with Gasteiger partial charge >= 0.3 is 5.97 Å². The van der Waals surface area contributed by atoms with Gasteiger partial charge in [0.1, 0.15) is 39.5 Å². The van der Waals surface area contributed by atoms with Gasteiger partial charge in [0.2, 0.25) is 0 Å². The van der Waals surface area contributed by atoms with Crippen LogP contribution in [0.5, 0.6) is 5.75 Å². The average molecular weight is 431 g/mol. The third-order valence-electron chi connectivity index (χ3n) is 5.19. The second-order valence-electron chi connectivity index (χ2n) is 7.28. The van der Waals surface area contributed by atoms with Gasteiger partial charge in [-0.25, -0.2) is 19.2 Å². The molecule has 2 atom stereocenters. The molecule has 4 rings (SSSR count). The monoisotopic (exact) mass is 431 g/mol. The average Bonchev–Trinajstić information content (AvgIpc) is 3.07. The lowest BCUT2D eigenvalue weighted by atomic mass is 9.95. The minimum atomic E-state index is -0.428. The number of aryl methyl sites for hydroxylation is 1. The standard InChI is InChI=1S/C21H22FN3O4S/c1-11-17-19(23-10-24-20(17)30-18(11)21(27)28-2)25-15-7-6-12(22)8-16(15)29-14-5-3-4-13(26)9-14/h6-8,10,13-14,26H,3-5,9H2,1-2H3,(H,23,24,25)/t13-,14?/m1/s1. The van der Waals surface area contributed by atoms with Gasteiger partial charge in [0.05, 0.1) is 24.3 Å². The number of thiophene rings is 1. The number of halogens is 1. The minimum absolute atomic E-state index is 0.185. The lowest BCUT2D eigenvalue weighted by molar-refractivity contribution is 0.0538. The number of aliphatic hydroxyl groups excluding tert-OH is 1. The molecule has 0 aliphatic heterocycles. The van der Waals surface area contributed by atoms with Crippen molar-refractivity contribution < 1.29 is 23.8 Å². The van der Waals surface area contributed by atoms with Crippen LogP contribution in [0.2, 0.25) is 0 Å². The molecule has 158 valence electrons. The molecule has 1 aliphatic rings. The van der Waals surface area contributed by atoms with E-state index >= 15 is 0 Å².